The number of nitrogens with zero attached hydrogens (tertiary/aromatic N) is 2. The van der Waals surface area contributed by atoms with E-state index < -0.39 is 13.1 Å². The quantitative estimate of drug-likeness (QED) is 0.104. The van der Waals surface area contributed by atoms with E-state index in [4.69, 9.17) is 21.3 Å². The molecule has 0 spiro atoms. The highest BCUT2D eigenvalue weighted by Crippen LogP contribution is 2.42. The van der Waals surface area contributed by atoms with E-state index in [2.05, 4.69) is 10.6 Å². The van der Waals surface area contributed by atoms with Crippen molar-refractivity contribution in [2.75, 3.05) is 43.7 Å². The van der Waals surface area contributed by atoms with E-state index in [0.717, 1.165) is 33.1 Å². The topological polar surface area (TPSA) is 110 Å². The van der Waals surface area contributed by atoms with Gasteiger partial charge in [0.15, 0.2) is 5.11 Å². The fraction of sp³-hybridized carbons (Fsp3) is 0.156. The Bertz CT molecular complexity index is 1970. The van der Waals surface area contributed by atoms with Gasteiger partial charge in [-0.25, -0.2) is 9.37 Å². The summed E-state index contributed by atoms with van der Waals surface area (Å²) in [5.74, 6) is -0.405. The normalized spacial score (nSPS) is 12.3. The van der Waals surface area contributed by atoms with Gasteiger partial charge in [-0.15, -0.1) is 0 Å². The summed E-state index contributed by atoms with van der Waals surface area (Å²) in [6.07, 6.45) is 0. The highest BCUT2D eigenvalue weighted by atomic mass is 32.1. The summed E-state index contributed by atoms with van der Waals surface area (Å²) in [6.45, 7) is 0.362. The SMILES string of the molecule is CN(C)c1ccc2c(-c3cc(NC(=S)Nc4ccc5c(c4)B(O)OC5)ccc3C(=O)O)c3ccc(=[N+](C)C)cc-3oc2c1. The first-order chi connectivity index (χ1) is 20.6. The number of hydrogen-bond donors (Lipinski definition) is 4. The third kappa shape index (κ3) is 5.45. The number of hydrogen-bond acceptors (Lipinski definition) is 6. The monoisotopic (exact) mass is 593 g/mol. The lowest BCUT2D eigenvalue weighted by Gasteiger charge is -2.19. The molecule has 3 aromatic rings. The molecule has 3 aromatic carbocycles. The Morgan fingerprint density at radius 3 is 2.42 bits per heavy atom. The van der Waals surface area contributed by atoms with Crippen molar-refractivity contribution in [2.24, 2.45) is 0 Å². The molecule has 0 saturated heterocycles. The van der Waals surface area contributed by atoms with Gasteiger partial charge in [-0.2, -0.15) is 0 Å². The van der Waals surface area contributed by atoms with Crippen LogP contribution < -0.4 is 30.9 Å². The number of nitrogens with one attached hydrogen (secondary N) is 2. The highest BCUT2D eigenvalue weighted by Gasteiger charge is 2.27. The molecule has 11 heteroatoms. The fourth-order valence-electron chi connectivity index (χ4n) is 5.32. The number of carbonyl (C=O) groups is 1. The van der Waals surface area contributed by atoms with Gasteiger partial charge in [-0.05, 0) is 77.3 Å². The maximum absolute atomic E-state index is 12.5. The highest BCUT2D eigenvalue weighted by molar-refractivity contribution is 7.80. The summed E-state index contributed by atoms with van der Waals surface area (Å²) < 4.78 is 13.7. The van der Waals surface area contributed by atoms with Gasteiger partial charge in [-0.3, -0.25) is 0 Å². The predicted molar refractivity (Wildman–Crippen MR) is 175 cm³/mol. The second-order valence-corrected chi connectivity index (χ2v) is 11.3. The number of carboxylic acids is 1. The zero-order valence-corrected chi connectivity index (χ0v) is 25.0. The summed E-state index contributed by atoms with van der Waals surface area (Å²) in [6, 6.07) is 22.4. The first kappa shape index (κ1) is 28.4. The average molecular weight is 593 g/mol. The van der Waals surface area contributed by atoms with E-state index in [1.807, 2.05) is 86.2 Å². The van der Waals surface area contributed by atoms with Crippen molar-refractivity contribution in [1.82, 2.24) is 4.58 Å². The van der Waals surface area contributed by atoms with Crippen molar-refractivity contribution in [1.29, 1.82) is 0 Å². The lowest BCUT2D eigenvalue weighted by atomic mass is 9.79. The van der Waals surface area contributed by atoms with Crippen LogP contribution in [-0.2, 0) is 11.3 Å². The zero-order valence-electron chi connectivity index (χ0n) is 24.1. The van der Waals surface area contributed by atoms with Gasteiger partial charge in [0.25, 0.3) is 0 Å². The van der Waals surface area contributed by atoms with Gasteiger partial charge in [0.1, 0.15) is 25.4 Å². The fourth-order valence-corrected chi connectivity index (χ4v) is 5.55. The molecule has 1 aliphatic carbocycles. The third-order valence-corrected chi connectivity index (χ3v) is 7.77. The molecule has 0 atom stereocenters. The van der Waals surface area contributed by atoms with Gasteiger partial charge in [0, 0.05) is 59.8 Å². The molecule has 0 radical (unpaired) electrons. The predicted octanol–water partition coefficient (Wildman–Crippen LogP) is 4.03. The Kier molecular flexibility index (Phi) is 7.39. The summed E-state index contributed by atoms with van der Waals surface area (Å²) in [5.41, 5.74) is 6.74. The van der Waals surface area contributed by atoms with E-state index >= 15 is 0 Å². The molecule has 0 unspecified atom stereocenters. The van der Waals surface area contributed by atoms with E-state index in [0.29, 0.717) is 45.5 Å². The van der Waals surface area contributed by atoms with Crippen LogP contribution in [0.25, 0.3) is 33.4 Å². The summed E-state index contributed by atoms with van der Waals surface area (Å²) in [7, 11) is 6.87. The van der Waals surface area contributed by atoms with Crippen molar-refractivity contribution in [3.8, 4) is 22.5 Å². The van der Waals surface area contributed by atoms with E-state index in [1.54, 1.807) is 24.3 Å². The first-order valence-electron chi connectivity index (χ1n) is 13.7. The number of carboxylic acid groups (broad SMARTS) is 1. The Labute approximate surface area is 254 Å². The molecule has 0 aromatic heterocycles. The van der Waals surface area contributed by atoms with Gasteiger partial charge < -0.3 is 34.7 Å². The van der Waals surface area contributed by atoms with Crippen LogP contribution in [0.2, 0.25) is 0 Å². The van der Waals surface area contributed by atoms with E-state index in [9.17, 15) is 14.9 Å². The van der Waals surface area contributed by atoms with Crippen LogP contribution in [0, 0.1) is 0 Å². The van der Waals surface area contributed by atoms with Crippen LogP contribution in [0.1, 0.15) is 15.9 Å². The lowest BCUT2D eigenvalue weighted by molar-refractivity contribution is 0.0697. The molecule has 2 aliphatic heterocycles. The van der Waals surface area contributed by atoms with Crippen molar-refractivity contribution < 1.29 is 24.0 Å². The molecule has 4 N–H and O–H groups in total. The minimum Gasteiger partial charge on any atom is -0.478 e. The van der Waals surface area contributed by atoms with Crippen molar-refractivity contribution in [3.05, 3.63) is 89.3 Å². The number of aromatic carboxylic acids is 1. The smallest absolute Gasteiger partial charge is 0.478 e. The molecule has 0 bridgehead atoms. The van der Waals surface area contributed by atoms with Crippen molar-refractivity contribution >= 4 is 63.9 Å². The Hall–Kier alpha value is -4.71. The van der Waals surface area contributed by atoms with E-state index in [-0.39, 0.29) is 5.56 Å². The molecular formula is C32H30BN4O5S+. The minimum atomic E-state index is -1.04. The summed E-state index contributed by atoms with van der Waals surface area (Å²) in [5, 5.41) is 28.7. The van der Waals surface area contributed by atoms with Gasteiger partial charge in [0.05, 0.1) is 18.2 Å². The number of benzene rings is 4. The molecular weight excluding hydrogens is 563 g/mol. The van der Waals surface area contributed by atoms with Gasteiger partial charge in [0.2, 0.25) is 5.36 Å². The van der Waals surface area contributed by atoms with Crippen LogP contribution in [0.15, 0.2) is 77.2 Å². The Morgan fingerprint density at radius 1 is 0.953 bits per heavy atom. The van der Waals surface area contributed by atoms with Crippen molar-refractivity contribution in [2.45, 2.75) is 6.61 Å². The third-order valence-electron chi connectivity index (χ3n) is 7.57. The first-order valence-corrected chi connectivity index (χ1v) is 14.1. The number of rotatable bonds is 5. The molecule has 3 aliphatic rings. The Balaban J connectivity index is 1.46. The second kappa shape index (κ2) is 11.2. The lowest BCUT2D eigenvalue weighted by Crippen LogP contribution is -2.29. The molecule has 43 heavy (non-hydrogen) atoms. The van der Waals surface area contributed by atoms with Gasteiger partial charge >= 0.3 is 13.1 Å². The molecule has 0 saturated carbocycles. The van der Waals surface area contributed by atoms with Crippen LogP contribution in [-0.4, -0.2) is 56.5 Å². The zero-order chi connectivity index (χ0) is 30.4. The largest absolute Gasteiger partial charge is 0.491 e. The average Bonchev–Trinajstić information content (AvgIpc) is 3.34. The molecule has 216 valence electrons. The summed E-state index contributed by atoms with van der Waals surface area (Å²) in [4.78, 5) is 14.5. The molecule has 0 fully saturated rings. The molecule has 2 heterocycles. The van der Waals surface area contributed by atoms with Gasteiger partial charge in [-0.1, -0.05) is 6.07 Å². The second-order valence-electron chi connectivity index (χ2n) is 10.8. The molecule has 9 nitrogen and oxygen atoms in total. The standard InChI is InChI=1S/C32H29BN4O5S/c1-36(2)21-8-11-24-28(15-21)42-29-16-22(37(3)4)9-12-25(29)30(24)26-13-19(7-10-23(26)31(38)39)34-32(43)35-20-6-5-18-17-41-33(40)27(18)14-20/h5-16,40H,17H2,1-4H3,(H2-,34,35,38,39,43)/p+1. The number of thiocarbonyl (C=S) groups is 1. The van der Waals surface area contributed by atoms with Crippen LogP contribution in [0.4, 0.5) is 17.1 Å². The Morgan fingerprint density at radius 2 is 1.70 bits per heavy atom. The summed E-state index contributed by atoms with van der Waals surface area (Å²) >= 11 is 5.59. The van der Waals surface area contributed by atoms with Crippen molar-refractivity contribution in [3.63, 3.8) is 0 Å². The van der Waals surface area contributed by atoms with Crippen LogP contribution in [0.5, 0.6) is 0 Å². The van der Waals surface area contributed by atoms with E-state index in [1.165, 1.54) is 0 Å². The molecule has 0 amide bonds. The van der Waals surface area contributed by atoms with Crippen LogP contribution >= 0.6 is 12.2 Å². The maximum atomic E-state index is 12.5. The number of anilines is 3. The maximum Gasteiger partial charge on any atom is 0.491 e. The molecule has 6 rings (SSSR count). The number of fused-ring (bicyclic) bond motifs is 3. The van der Waals surface area contributed by atoms with Crippen LogP contribution in [0.3, 0.4) is 0 Å². The minimum absolute atomic E-state index is 0.152.